The van der Waals surface area contributed by atoms with Crippen molar-refractivity contribution in [1.82, 2.24) is 9.97 Å². The Morgan fingerprint density at radius 1 is 1.11 bits per heavy atom. The van der Waals surface area contributed by atoms with Gasteiger partial charge in [0.25, 0.3) is 0 Å². The van der Waals surface area contributed by atoms with E-state index in [1.807, 2.05) is 0 Å². The zero-order valence-corrected chi connectivity index (χ0v) is 9.92. The Morgan fingerprint density at radius 3 is 2.50 bits per heavy atom. The SMILES string of the molecule is NCCCCc1ncc(-c2cc(F)cc(F)c2)[nH]1. The molecule has 0 radical (unpaired) electrons. The molecule has 1 aromatic carbocycles. The maximum absolute atomic E-state index is 13.1. The van der Waals surface area contributed by atoms with Crippen molar-refractivity contribution in [3.8, 4) is 11.3 Å². The molecule has 2 rings (SSSR count). The third-order valence-electron chi connectivity index (χ3n) is 2.67. The van der Waals surface area contributed by atoms with E-state index in [4.69, 9.17) is 5.73 Å². The van der Waals surface area contributed by atoms with E-state index < -0.39 is 11.6 Å². The molecule has 1 aromatic heterocycles. The van der Waals surface area contributed by atoms with Gasteiger partial charge in [-0.25, -0.2) is 13.8 Å². The van der Waals surface area contributed by atoms with E-state index in [0.29, 0.717) is 17.8 Å². The molecule has 0 spiro atoms. The summed E-state index contributed by atoms with van der Waals surface area (Å²) < 4.78 is 26.2. The zero-order chi connectivity index (χ0) is 13.0. The largest absolute Gasteiger partial charge is 0.342 e. The summed E-state index contributed by atoms with van der Waals surface area (Å²) >= 11 is 0. The van der Waals surface area contributed by atoms with Crippen molar-refractivity contribution < 1.29 is 8.78 Å². The standard InChI is InChI=1S/C13H15F2N3/c14-10-5-9(6-11(15)7-10)12-8-17-13(18-12)3-1-2-4-16/h5-8H,1-4,16H2,(H,17,18). The highest BCUT2D eigenvalue weighted by molar-refractivity contribution is 5.58. The normalized spacial score (nSPS) is 10.8. The van der Waals surface area contributed by atoms with Crippen LogP contribution in [0.25, 0.3) is 11.3 Å². The summed E-state index contributed by atoms with van der Waals surface area (Å²) in [5.74, 6) is -0.378. The Morgan fingerprint density at radius 2 is 1.83 bits per heavy atom. The molecule has 1 heterocycles. The van der Waals surface area contributed by atoms with Gasteiger partial charge in [0.2, 0.25) is 0 Å². The van der Waals surface area contributed by atoms with Crippen molar-refractivity contribution >= 4 is 0 Å². The number of aryl methyl sites for hydroxylation is 1. The van der Waals surface area contributed by atoms with Crippen molar-refractivity contribution in [1.29, 1.82) is 0 Å². The molecule has 96 valence electrons. The lowest BCUT2D eigenvalue weighted by Crippen LogP contribution is -1.99. The van der Waals surface area contributed by atoms with E-state index in [1.54, 1.807) is 6.20 Å². The maximum Gasteiger partial charge on any atom is 0.126 e. The predicted octanol–water partition coefficient (Wildman–Crippen LogP) is 2.64. The molecule has 0 bridgehead atoms. The van der Waals surface area contributed by atoms with Crippen molar-refractivity contribution in [3.05, 3.63) is 41.9 Å². The van der Waals surface area contributed by atoms with Crippen LogP contribution >= 0.6 is 0 Å². The highest BCUT2D eigenvalue weighted by atomic mass is 19.1. The van der Waals surface area contributed by atoms with Gasteiger partial charge in [-0.1, -0.05) is 0 Å². The number of rotatable bonds is 5. The van der Waals surface area contributed by atoms with Crippen LogP contribution in [0.5, 0.6) is 0 Å². The van der Waals surface area contributed by atoms with Crippen LogP contribution in [-0.4, -0.2) is 16.5 Å². The van der Waals surface area contributed by atoms with E-state index in [-0.39, 0.29) is 0 Å². The van der Waals surface area contributed by atoms with Crippen molar-refractivity contribution in [2.45, 2.75) is 19.3 Å². The molecular formula is C13H15F2N3. The number of H-pyrrole nitrogens is 1. The van der Waals surface area contributed by atoms with E-state index in [2.05, 4.69) is 9.97 Å². The average Bonchev–Trinajstić information content (AvgIpc) is 2.77. The number of nitrogens with one attached hydrogen (secondary N) is 1. The van der Waals surface area contributed by atoms with Gasteiger partial charge in [0, 0.05) is 18.1 Å². The van der Waals surface area contributed by atoms with Gasteiger partial charge < -0.3 is 10.7 Å². The van der Waals surface area contributed by atoms with Gasteiger partial charge in [0.15, 0.2) is 0 Å². The number of hydrogen-bond donors (Lipinski definition) is 2. The molecule has 0 atom stereocenters. The highest BCUT2D eigenvalue weighted by Crippen LogP contribution is 2.20. The number of imidazole rings is 1. The van der Waals surface area contributed by atoms with Gasteiger partial charge in [-0.2, -0.15) is 0 Å². The average molecular weight is 251 g/mol. The number of nitrogens with two attached hydrogens (primary N) is 1. The molecule has 0 saturated carbocycles. The fourth-order valence-corrected chi connectivity index (χ4v) is 1.78. The van der Waals surface area contributed by atoms with Gasteiger partial charge >= 0.3 is 0 Å². The number of unbranched alkanes of at least 4 members (excludes halogenated alkanes) is 1. The van der Waals surface area contributed by atoms with Crippen molar-refractivity contribution in [2.24, 2.45) is 5.73 Å². The molecule has 0 aliphatic rings. The van der Waals surface area contributed by atoms with Gasteiger partial charge in [0.05, 0.1) is 11.9 Å². The lowest BCUT2D eigenvalue weighted by atomic mass is 10.1. The highest BCUT2D eigenvalue weighted by Gasteiger charge is 2.06. The molecule has 0 saturated heterocycles. The van der Waals surface area contributed by atoms with Gasteiger partial charge in [-0.05, 0) is 31.5 Å². The Labute approximate surface area is 104 Å². The summed E-state index contributed by atoms with van der Waals surface area (Å²) in [6, 6.07) is 3.41. The van der Waals surface area contributed by atoms with Gasteiger partial charge in [-0.3, -0.25) is 0 Å². The summed E-state index contributed by atoms with van der Waals surface area (Å²) in [7, 11) is 0. The number of benzene rings is 1. The van der Waals surface area contributed by atoms with E-state index in [0.717, 1.165) is 31.2 Å². The number of aromatic amines is 1. The number of hydrogen-bond acceptors (Lipinski definition) is 2. The summed E-state index contributed by atoms with van der Waals surface area (Å²) in [5.41, 5.74) is 6.49. The Kier molecular flexibility index (Phi) is 4.04. The van der Waals surface area contributed by atoms with Crippen molar-refractivity contribution in [2.75, 3.05) is 6.54 Å². The fraction of sp³-hybridized carbons (Fsp3) is 0.308. The monoisotopic (exact) mass is 251 g/mol. The van der Waals surface area contributed by atoms with E-state index in [9.17, 15) is 8.78 Å². The smallest absolute Gasteiger partial charge is 0.126 e. The maximum atomic E-state index is 13.1. The first-order valence-electron chi connectivity index (χ1n) is 5.89. The minimum Gasteiger partial charge on any atom is -0.342 e. The summed E-state index contributed by atoms with van der Waals surface area (Å²) in [4.78, 5) is 7.24. The van der Waals surface area contributed by atoms with E-state index in [1.165, 1.54) is 12.1 Å². The third-order valence-corrected chi connectivity index (χ3v) is 2.67. The molecule has 5 heteroatoms. The lowest BCUT2D eigenvalue weighted by molar-refractivity contribution is 0.584. The summed E-state index contributed by atoms with van der Waals surface area (Å²) in [5, 5.41) is 0. The first-order valence-corrected chi connectivity index (χ1v) is 5.89. The Hall–Kier alpha value is -1.75. The number of aromatic nitrogens is 2. The second kappa shape index (κ2) is 5.73. The minimum absolute atomic E-state index is 0.463. The van der Waals surface area contributed by atoms with Crippen LogP contribution in [0.1, 0.15) is 18.7 Å². The molecule has 18 heavy (non-hydrogen) atoms. The molecular weight excluding hydrogens is 236 g/mol. The topological polar surface area (TPSA) is 54.7 Å². The number of nitrogens with zero attached hydrogens (tertiary/aromatic N) is 1. The second-order valence-corrected chi connectivity index (χ2v) is 4.15. The van der Waals surface area contributed by atoms with Crippen LogP contribution in [0, 0.1) is 11.6 Å². The van der Waals surface area contributed by atoms with Crippen LogP contribution in [-0.2, 0) is 6.42 Å². The molecule has 3 N–H and O–H groups in total. The van der Waals surface area contributed by atoms with Crippen LogP contribution in [0.3, 0.4) is 0 Å². The Balaban J connectivity index is 2.13. The zero-order valence-electron chi connectivity index (χ0n) is 9.92. The number of halogens is 2. The third kappa shape index (κ3) is 3.13. The molecule has 0 fully saturated rings. The molecule has 0 amide bonds. The lowest BCUT2D eigenvalue weighted by Gasteiger charge is -1.99. The van der Waals surface area contributed by atoms with Crippen LogP contribution < -0.4 is 5.73 Å². The molecule has 2 aromatic rings. The molecule has 0 aliphatic heterocycles. The van der Waals surface area contributed by atoms with E-state index >= 15 is 0 Å². The summed E-state index contributed by atoms with van der Waals surface area (Å²) in [6.07, 6.45) is 4.26. The minimum atomic E-state index is -0.593. The quantitative estimate of drug-likeness (QED) is 0.803. The Bertz CT molecular complexity index is 502. The molecule has 0 aliphatic carbocycles. The predicted molar refractivity (Wildman–Crippen MR) is 65.9 cm³/mol. The second-order valence-electron chi connectivity index (χ2n) is 4.15. The van der Waals surface area contributed by atoms with Crippen LogP contribution in [0.15, 0.2) is 24.4 Å². The fourth-order valence-electron chi connectivity index (χ4n) is 1.78. The van der Waals surface area contributed by atoms with Crippen molar-refractivity contribution in [3.63, 3.8) is 0 Å². The van der Waals surface area contributed by atoms with Gasteiger partial charge in [-0.15, -0.1) is 0 Å². The first-order chi connectivity index (χ1) is 8.69. The van der Waals surface area contributed by atoms with Gasteiger partial charge in [0.1, 0.15) is 17.5 Å². The molecule has 0 unspecified atom stereocenters. The van der Waals surface area contributed by atoms with Crippen LogP contribution in [0.2, 0.25) is 0 Å². The molecule has 3 nitrogen and oxygen atoms in total. The summed E-state index contributed by atoms with van der Waals surface area (Å²) in [6.45, 7) is 0.655. The van der Waals surface area contributed by atoms with Crippen LogP contribution in [0.4, 0.5) is 8.78 Å². The first kappa shape index (κ1) is 12.7.